The Bertz CT molecular complexity index is 324. The Morgan fingerprint density at radius 2 is 1.53 bits per heavy atom. The van der Waals surface area contributed by atoms with Gasteiger partial charge in [-0.15, -0.1) is 0 Å². The van der Waals surface area contributed by atoms with Gasteiger partial charge in [0.15, 0.2) is 0 Å². The Hall–Kier alpha value is -1.66. The van der Waals surface area contributed by atoms with Crippen molar-refractivity contribution in [1.82, 2.24) is 0 Å². The second-order valence-corrected chi connectivity index (χ2v) is 3.87. The van der Waals surface area contributed by atoms with Gasteiger partial charge in [0.2, 0.25) is 0 Å². The molecule has 19 heavy (non-hydrogen) atoms. The van der Waals surface area contributed by atoms with E-state index in [4.69, 9.17) is 10.2 Å². The van der Waals surface area contributed by atoms with E-state index in [9.17, 15) is 9.59 Å². The van der Waals surface area contributed by atoms with E-state index in [0.717, 1.165) is 6.42 Å². The molecule has 2 N–H and O–H groups in total. The lowest BCUT2D eigenvalue weighted by Gasteiger charge is -2.03. The number of hydrogen-bond donors (Lipinski definition) is 2. The highest BCUT2D eigenvalue weighted by atomic mass is 16.5. The highest BCUT2D eigenvalue weighted by Crippen LogP contribution is 1.94. The van der Waals surface area contributed by atoms with E-state index in [1.54, 1.807) is 19.9 Å². The summed E-state index contributed by atoms with van der Waals surface area (Å²) in [7, 11) is 0. The molecule has 0 radical (unpaired) electrons. The zero-order chi connectivity index (χ0) is 14.7. The molecule has 6 nitrogen and oxygen atoms in total. The Labute approximate surface area is 112 Å². The van der Waals surface area contributed by atoms with Crippen molar-refractivity contribution in [2.75, 3.05) is 13.2 Å². The molecule has 0 saturated heterocycles. The molecule has 2 aliphatic heterocycles. The summed E-state index contributed by atoms with van der Waals surface area (Å²) in [5.41, 5.74) is 0. The number of aliphatic hydroxyl groups excluding tert-OH is 2. The van der Waals surface area contributed by atoms with Crippen molar-refractivity contribution >= 4 is 11.9 Å². The molecule has 2 rings (SSSR count). The summed E-state index contributed by atoms with van der Waals surface area (Å²) >= 11 is 0. The van der Waals surface area contributed by atoms with Crippen molar-refractivity contribution in [3.63, 3.8) is 0 Å². The summed E-state index contributed by atoms with van der Waals surface area (Å²) in [6.45, 7) is 4.10. The largest absolute Gasteiger partial charge is 0.462 e. The predicted molar refractivity (Wildman–Crippen MR) is 68.2 cm³/mol. The third kappa shape index (κ3) is 11.2. The molecule has 0 saturated carbocycles. The molecule has 2 unspecified atom stereocenters. The van der Waals surface area contributed by atoms with Crippen molar-refractivity contribution in [3.8, 4) is 0 Å². The Morgan fingerprint density at radius 3 is 1.68 bits per heavy atom. The minimum absolute atomic E-state index is 0.216. The zero-order valence-electron chi connectivity index (χ0n) is 11.1. The molecular formula is C13H20O6. The number of esters is 2. The van der Waals surface area contributed by atoms with Crippen LogP contribution in [0.1, 0.15) is 20.3 Å². The zero-order valence-corrected chi connectivity index (χ0v) is 11.1. The summed E-state index contributed by atoms with van der Waals surface area (Å²) < 4.78 is 8.95. The standard InChI is InChI=1S/C5H6O2.C4H4O2.C4H10O2/c6-5-3-1-2-4-7-5;5-4-2-1-3-6-4;1-3(5)4(2)6/h1,3H,2,4H2;1-2H,3H2;3-6H,1-2H3. The molecule has 2 atom stereocenters. The summed E-state index contributed by atoms with van der Waals surface area (Å²) in [4.78, 5) is 20.1. The van der Waals surface area contributed by atoms with Gasteiger partial charge in [-0.3, -0.25) is 0 Å². The predicted octanol–water partition coefficient (Wildman–Crippen LogP) is 0.337. The highest BCUT2D eigenvalue weighted by molar-refractivity contribution is 5.83. The molecule has 6 heteroatoms. The van der Waals surface area contributed by atoms with Crippen LogP contribution in [0.2, 0.25) is 0 Å². The monoisotopic (exact) mass is 272 g/mol. The average Bonchev–Trinajstić information content (AvgIpc) is 2.83. The Balaban J connectivity index is 0.000000257. The van der Waals surface area contributed by atoms with Gasteiger partial charge in [0.05, 0.1) is 18.8 Å². The summed E-state index contributed by atoms with van der Waals surface area (Å²) in [5.74, 6) is -0.443. The van der Waals surface area contributed by atoms with E-state index in [-0.39, 0.29) is 11.9 Å². The van der Waals surface area contributed by atoms with E-state index in [2.05, 4.69) is 9.47 Å². The smallest absolute Gasteiger partial charge is 0.330 e. The molecule has 0 aromatic heterocycles. The van der Waals surface area contributed by atoms with Crippen molar-refractivity contribution in [2.45, 2.75) is 32.5 Å². The molecule has 0 amide bonds. The number of ether oxygens (including phenoxy) is 2. The summed E-state index contributed by atoms with van der Waals surface area (Å²) in [6, 6.07) is 0. The maximum Gasteiger partial charge on any atom is 0.330 e. The van der Waals surface area contributed by atoms with Crippen molar-refractivity contribution < 1.29 is 29.3 Å². The van der Waals surface area contributed by atoms with Crippen LogP contribution in [0.4, 0.5) is 0 Å². The first-order valence-electron chi connectivity index (χ1n) is 5.96. The van der Waals surface area contributed by atoms with Crippen LogP contribution < -0.4 is 0 Å². The second-order valence-electron chi connectivity index (χ2n) is 3.87. The second kappa shape index (κ2) is 10.3. The lowest BCUT2D eigenvalue weighted by molar-refractivity contribution is -0.138. The maximum atomic E-state index is 10.2. The average molecular weight is 272 g/mol. The summed E-state index contributed by atoms with van der Waals surface area (Å²) in [6.07, 6.45) is 6.04. The van der Waals surface area contributed by atoms with Crippen molar-refractivity contribution in [3.05, 3.63) is 24.3 Å². The van der Waals surface area contributed by atoms with Crippen LogP contribution in [0.15, 0.2) is 24.3 Å². The SMILES string of the molecule is CC(O)C(C)O.O=C1C=CCCO1.O=C1C=CCO1. The van der Waals surface area contributed by atoms with E-state index >= 15 is 0 Å². The molecule has 0 spiro atoms. The number of cyclic esters (lactones) is 2. The normalized spacial score (nSPS) is 19.2. The topological polar surface area (TPSA) is 93.1 Å². The first-order valence-corrected chi connectivity index (χ1v) is 5.96. The number of hydrogen-bond acceptors (Lipinski definition) is 6. The van der Waals surface area contributed by atoms with Gasteiger partial charge in [-0.1, -0.05) is 6.08 Å². The first kappa shape index (κ1) is 17.3. The number of aliphatic hydroxyl groups is 2. The third-order valence-electron chi connectivity index (χ3n) is 2.06. The lowest BCUT2D eigenvalue weighted by Crippen LogP contribution is -2.17. The van der Waals surface area contributed by atoms with E-state index in [1.165, 1.54) is 12.2 Å². The molecular weight excluding hydrogens is 252 g/mol. The van der Waals surface area contributed by atoms with Gasteiger partial charge >= 0.3 is 11.9 Å². The van der Waals surface area contributed by atoms with Gasteiger partial charge in [-0.05, 0) is 19.9 Å². The van der Waals surface area contributed by atoms with Crippen LogP contribution >= 0.6 is 0 Å². The Kier molecular flexibility index (Phi) is 9.38. The van der Waals surface area contributed by atoms with E-state index in [1.807, 2.05) is 6.08 Å². The van der Waals surface area contributed by atoms with E-state index in [0.29, 0.717) is 13.2 Å². The fourth-order valence-corrected chi connectivity index (χ4v) is 0.778. The van der Waals surface area contributed by atoms with Gasteiger partial charge in [-0.2, -0.15) is 0 Å². The quantitative estimate of drug-likeness (QED) is 0.668. The van der Waals surface area contributed by atoms with Crippen molar-refractivity contribution in [2.24, 2.45) is 0 Å². The van der Waals surface area contributed by atoms with Gasteiger partial charge in [0, 0.05) is 18.6 Å². The van der Waals surface area contributed by atoms with E-state index < -0.39 is 12.2 Å². The third-order valence-corrected chi connectivity index (χ3v) is 2.06. The summed E-state index contributed by atoms with van der Waals surface area (Å²) in [5, 5.41) is 16.8. The van der Waals surface area contributed by atoms with Crippen LogP contribution in [0.5, 0.6) is 0 Å². The van der Waals surface area contributed by atoms with Crippen LogP contribution in [0.25, 0.3) is 0 Å². The molecule has 0 bridgehead atoms. The molecule has 108 valence electrons. The number of rotatable bonds is 1. The van der Waals surface area contributed by atoms with Crippen LogP contribution in [0, 0.1) is 0 Å². The number of carbonyl (C=O) groups excluding carboxylic acids is 2. The van der Waals surface area contributed by atoms with Gasteiger partial charge in [-0.25, -0.2) is 9.59 Å². The fourth-order valence-electron chi connectivity index (χ4n) is 0.778. The van der Waals surface area contributed by atoms with Gasteiger partial charge in [0.1, 0.15) is 6.61 Å². The van der Waals surface area contributed by atoms with Crippen molar-refractivity contribution in [1.29, 1.82) is 0 Å². The van der Waals surface area contributed by atoms with Gasteiger partial charge < -0.3 is 19.7 Å². The minimum atomic E-state index is -0.593. The fraction of sp³-hybridized carbons (Fsp3) is 0.538. The molecule has 0 aromatic rings. The van der Waals surface area contributed by atoms with Crippen LogP contribution in [-0.4, -0.2) is 47.6 Å². The molecule has 0 aliphatic carbocycles. The number of carbonyl (C=O) groups is 2. The minimum Gasteiger partial charge on any atom is -0.462 e. The Morgan fingerprint density at radius 1 is 1.00 bits per heavy atom. The first-order chi connectivity index (χ1) is 8.93. The highest BCUT2D eigenvalue weighted by Gasteiger charge is 2.00. The maximum absolute atomic E-state index is 10.2. The van der Waals surface area contributed by atoms with Crippen LogP contribution in [-0.2, 0) is 19.1 Å². The van der Waals surface area contributed by atoms with Crippen LogP contribution in [0.3, 0.4) is 0 Å². The lowest BCUT2D eigenvalue weighted by atomic mass is 10.3. The van der Waals surface area contributed by atoms with Gasteiger partial charge in [0.25, 0.3) is 0 Å². The molecule has 0 aromatic carbocycles. The molecule has 2 heterocycles. The molecule has 2 aliphatic rings. The molecule has 0 fully saturated rings.